The molecule has 138 valence electrons. The Hall–Kier alpha value is -1.48. The van der Waals surface area contributed by atoms with E-state index in [4.69, 9.17) is 0 Å². The molecule has 0 aliphatic carbocycles. The molecule has 0 saturated carbocycles. The summed E-state index contributed by atoms with van der Waals surface area (Å²) in [6, 6.07) is 33.8. The fourth-order valence-corrected chi connectivity index (χ4v) is 10.5. The highest BCUT2D eigenvalue weighted by Gasteiger charge is 2.32. The number of hydrogen-bond acceptors (Lipinski definition) is 0. The van der Waals surface area contributed by atoms with E-state index in [1.165, 1.54) is 36.0 Å². The molecule has 1 aliphatic heterocycles. The van der Waals surface area contributed by atoms with Gasteiger partial charge in [-0.25, -0.2) is 0 Å². The molecule has 27 heavy (non-hydrogen) atoms. The van der Waals surface area contributed by atoms with E-state index in [0.717, 1.165) is 5.66 Å². The number of benzene rings is 3. The first kappa shape index (κ1) is 18.9. The molecule has 0 amide bonds. The van der Waals surface area contributed by atoms with Gasteiger partial charge < -0.3 is 0 Å². The zero-order valence-electron chi connectivity index (χ0n) is 16.0. The predicted octanol–water partition coefficient (Wildman–Crippen LogP) is 5.87. The lowest BCUT2D eigenvalue weighted by molar-refractivity contribution is 0.706. The highest BCUT2D eigenvalue weighted by atomic mass is 31.1. The lowest BCUT2D eigenvalue weighted by Gasteiger charge is -2.30. The Balaban J connectivity index is 1.58. The van der Waals surface area contributed by atoms with Crippen molar-refractivity contribution in [1.82, 2.24) is 0 Å². The van der Waals surface area contributed by atoms with Crippen LogP contribution in [0.2, 0.25) is 0 Å². The van der Waals surface area contributed by atoms with Crippen LogP contribution in [0.1, 0.15) is 26.2 Å². The van der Waals surface area contributed by atoms with Crippen molar-refractivity contribution in [3.05, 3.63) is 91.0 Å². The Morgan fingerprint density at radius 3 is 1.89 bits per heavy atom. The third-order valence-corrected chi connectivity index (χ3v) is 11.5. The summed E-state index contributed by atoms with van der Waals surface area (Å²) < 4.78 is 0. The summed E-state index contributed by atoms with van der Waals surface area (Å²) in [4.78, 5) is 0. The van der Waals surface area contributed by atoms with Crippen LogP contribution in [0, 0.1) is 0 Å². The van der Waals surface area contributed by atoms with Gasteiger partial charge >= 0.3 is 0 Å². The fourth-order valence-electron chi connectivity index (χ4n) is 4.37. The molecule has 0 nitrogen and oxygen atoms in total. The summed E-state index contributed by atoms with van der Waals surface area (Å²) in [6.45, 7) is 2.50. The van der Waals surface area contributed by atoms with Crippen LogP contribution < -0.4 is 15.9 Å². The van der Waals surface area contributed by atoms with Gasteiger partial charge in [0.2, 0.25) is 0 Å². The minimum absolute atomic E-state index is 0.0116. The summed E-state index contributed by atoms with van der Waals surface area (Å²) >= 11 is 0. The minimum atomic E-state index is -0.306. The molecule has 0 bridgehead atoms. The number of rotatable bonds is 6. The van der Waals surface area contributed by atoms with E-state index in [0.29, 0.717) is 5.66 Å². The molecule has 2 heteroatoms. The van der Waals surface area contributed by atoms with E-state index in [1.54, 1.807) is 5.30 Å². The van der Waals surface area contributed by atoms with Crippen molar-refractivity contribution in [3.8, 4) is 0 Å². The molecule has 3 aromatic rings. The summed E-state index contributed by atoms with van der Waals surface area (Å²) in [7, 11) is -0.294. The van der Waals surface area contributed by atoms with Gasteiger partial charge in [0.1, 0.15) is 0 Å². The summed E-state index contributed by atoms with van der Waals surface area (Å²) in [5.74, 6) is 0. The number of hydrogen-bond donors (Lipinski definition) is 0. The summed E-state index contributed by atoms with van der Waals surface area (Å²) in [6.07, 6.45) is 5.60. The molecule has 1 aliphatic rings. The monoisotopic (exact) mass is 390 g/mol. The average Bonchev–Trinajstić information content (AvgIpc) is 3.18. The highest BCUT2D eigenvalue weighted by molar-refractivity contribution is 7.73. The summed E-state index contributed by atoms with van der Waals surface area (Å²) in [5.41, 5.74) is 1.59. The third-order valence-electron chi connectivity index (χ3n) is 5.59. The zero-order chi connectivity index (χ0) is 18.5. The van der Waals surface area contributed by atoms with Gasteiger partial charge in [0.05, 0.1) is 0 Å². The maximum Gasteiger partial charge on any atom is -0.0151 e. The van der Waals surface area contributed by atoms with Gasteiger partial charge in [-0.15, -0.1) is 0 Å². The minimum Gasteiger partial charge on any atom is -0.0721 e. The first-order chi connectivity index (χ1) is 13.3. The van der Waals surface area contributed by atoms with Crippen molar-refractivity contribution >= 4 is 31.8 Å². The topological polar surface area (TPSA) is 0 Å². The SMILES string of the molecule is C[C@H](C[C@H]1CCC[P@]1c1ccccc1)P(c1ccccc1)c1ccccc1. The molecule has 1 heterocycles. The standard InChI is InChI=1S/C25H28P2/c1-21(20-25-18-11-19-26(25)22-12-5-2-6-13-22)27(23-14-7-3-8-15-23)24-16-9-4-10-17-24/h2-10,12-17,21,25H,11,18-20H2,1H3/t21-,25-,26-/m1/s1. The molecular formula is C25H28P2. The molecule has 3 atom stereocenters. The maximum absolute atomic E-state index is 2.50. The van der Waals surface area contributed by atoms with E-state index in [9.17, 15) is 0 Å². The van der Waals surface area contributed by atoms with Gasteiger partial charge in [0.15, 0.2) is 0 Å². The van der Waals surface area contributed by atoms with Gasteiger partial charge in [0.25, 0.3) is 0 Å². The Labute approximate surface area is 166 Å². The smallest absolute Gasteiger partial charge is 0.0151 e. The molecule has 0 unspecified atom stereocenters. The van der Waals surface area contributed by atoms with Crippen LogP contribution in [0.4, 0.5) is 0 Å². The maximum atomic E-state index is 2.50. The molecular weight excluding hydrogens is 362 g/mol. The van der Waals surface area contributed by atoms with Gasteiger partial charge in [-0.05, 0) is 60.6 Å². The lowest BCUT2D eigenvalue weighted by atomic mass is 10.2. The molecule has 1 saturated heterocycles. The largest absolute Gasteiger partial charge is 0.0721 e. The molecule has 0 N–H and O–H groups in total. The third kappa shape index (κ3) is 4.51. The Kier molecular flexibility index (Phi) is 6.39. The molecule has 0 aromatic heterocycles. The van der Waals surface area contributed by atoms with Crippen LogP contribution in [0.25, 0.3) is 0 Å². The van der Waals surface area contributed by atoms with Crippen molar-refractivity contribution in [2.24, 2.45) is 0 Å². The van der Waals surface area contributed by atoms with Crippen molar-refractivity contribution in [3.63, 3.8) is 0 Å². The van der Waals surface area contributed by atoms with Crippen LogP contribution in [0.15, 0.2) is 91.0 Å². The Morgan fingerprint density at radius 2 is 1.33 bits per heavy atom. The van der Waals surface area contributed by atoms with E-state index >= 15 is 0 Å². The molecule has 4 rings (SSSR count). The van der Waals surface area contributed by atoms with Crippen molar-refractivity contribution in [2.75, 3.05) is 6.16 Å². The van der Waals surface area contributed by atoms with E-state index in [2.05, 4.69) is 97.9 Å². The molecule has 3 aromatic carbocycles. The van der Waals surface area contributed by atoms with Crippen LogP contribution in [0.3, 0.4) is 0 Å². The van der Waals surface area contributed by atoms with Gasteiger partial charge in [0, 0.05) is 0 Å². The fraction of sp³-hybridized carbons (Fsp3) is 0.280. The van der Waals surface area contributed by atoms with Crippen molar-refractivity contribution in [1.29, 1.82) is 0 Å². The second-order valence-electron chi connectivity index (χ2n) is 7.45. The van der Waals surface area contributed by atoms with Crippen LogP contribution in [0.5, 0.6) is 0 Å². The molecule has 0 radical (unpaired) electrons. The normalized spacial score (nSPS) is 20.7. The predicted molar refractivity (Wildman–Crippen MR) is 124 cm³/mol. The highest BCUT2D eigenvalue weighted by Crippen LogP contribution is 2.53. The molecule has 1 fully saturated rings. The second kappa shape index (κ2) is 9.14. The van der Waals surface area contributed by atoms with E-state index in [-0.39, 0.29) is 15.8 Å². The Morgan fingerprint density at radius 1 is 0.815 bits per heavy atom. The van der Waals surface area contributed by atoms with E-state index in [1.807, 2.05) is 0 Å². The quantitative estimate of drug-likeness (QED) is 0.462. The molecule has 0 spiro atoms. The van der Waals surface area contributed by atoms with Crippen LogP contribution in [-0.4, -0.2) is 17.5 Å². The van der Waals surface area contributed by atoms with Gasteiger partial charge in [-0.1, -0.05) is 106 Å². The first-order valence-electron chi connectivity index (χ1n) is 10.0. The lowest BCUT2D eigenvalue weighted by Crippen LogP contribution is -2.23. The van der Waals surface area contributed by atoms with Crippen molar-refractivity contribution in [2.45, 2.75) is 37.5 Å². The summed E-state index contributed by atoms with van der Waals surface area (Å²) in [5, 5.41) is 4.66. The van der Waals surface area contributed by atoms with Gasteiger partial charge in [-0.3, -0.25) is 0 Å². The van der Waals surface area contributed by atoms with Gasteiger partial charge in [-0.2, -0.15) is 0 Å². The van der Waals surface area contributed by atoms with Crippen LogP contribution in [-0.2, 0) is 0 Å². The average molecular weight is 390 g/mol. The first-order valence-corrected chi connectivity index (χ1v) is 13.0. The van der Waals surface area contributed by atoms with E-state index < -0.39 is 0 Å². The Bertz CT molecular complexity index is 777. The van der Waals surface area contributed by atoms with Crippen molar-refractivity contribution < 1.29 is 0 Å². The zero-order valence-corrected chi connectivity index (χ0v) is 17.8. The second-order valence-corrected chi connectivity index (χ2v) is 12.7. The van der Waals surface area contributed by atoms with Crippen LogP contribution >= 0.6 is 15.8 Å².